The SMILES string of the molecule is N#Cc1ccc(-c2ccc3ccc4cccc5ccc2c3c45)cc1F. The molecule has 0 bridgehead atoms. The molecular formula is C23H12FN. The highest BCUT2D eigenvalue weighted by Crippen LogP contribution is 2.39. The van der Waals surface area contributed by atoms with Gasteiger partial charge in [0.1, 0.15) is 11.9 Å². The molecule has 1 nitrogen and oxygen atoms in total. The van der Waals surface area contributed by atoms with E-state index < -0.39 is 5.82 Å². The van der Waals surface area contributed by atoms with Gasteiger partial charge in [0, 0.05) is 0 Å². The molecular weight excluding hydrogens is 309 g/mol. The van der Waals surface area contributed by atoms with Crippen molar-refractivity contribution < 1.29 is 4.39 Å². The second-order valence-corrected chi connectivity index (χ2v) is 6.28. The first-order chi connectivity index (χ1) is 12.3. The Labute approximate surface area is 143 Å². The van der Waals surface area contributed by atoms with Crippen molar-refractivity contribution in [1.82, 2.24) is 0 Å². The lowest BCUT2D eigenvalue weighted by Gasteiger charge is -2.14. The standard InChI is InChI=1S/C23H12FN/c24-21-12-17(6-7-18(21)13-25)19-10-8-16-5-4-14-2-1-3-15-9-11-20(19)23(16)22(14)15/h1-12H. The van der Waals surface area contributed by atoms with Gasteiger partial charge in [-0.25, -0.2) is 4.39 Å². The Hall–Kier alpha value is -3.44. The Morgan fingerprint density at radius 3 is 2.12 bits per heavy atom. The average Bonchev–Trinajstić information content (AvgIpc) is 2.66. The summed E-state index contributed by atoms with van der Waals surface area (Å²) in [4.78, 5) is 0. The molecule has 0 aliphatic rings. The van der Waals surface area contributed by atoms with E-state index in [1.54, 1.807) is 6.07 Å². The summed E-state index contributed by atoms with van der Waals surface area (Å²) < 4.78 is 14.1. The zero-order valence-electron chi connectivity index (χ0n) is 13.3. The van der Waals surface area contributed by atoms with Crippen LogP contribution in [-0.4, -0.2) is 0 Å². The molecule has 25 heavy (non-hydrogen) atoms. The molecule has 0 saturated heterocycles. The molecule has 2 heteroatoms. The number of nitrogens with zero attached hydrogens (tertiary/aromatic N) is 1. The van der Waals surface area contributed by atoms with Gasteiger partial charge in [-0.05, 0) is 55.6 Å². The van der Waals surface area contributed by atoms with Crippen LogP contribution in [-0.2, 0) is 0 Å². The largest absolute Gasteiger partial charge is 0.206 e. The predicted octanol–water partition coefficient (Wildman–Crippen LogP) is 6.26. The van der Waals surface area contributed by atoms with Crippen molar-refractivity contribution in [2.24, 2.45) is 0 Å². The summed E-state index contributed by atoms with van der Waals surface area (Å²) in [6.45, 7) is 0. The van der Waals surface area contributed by atoms with Crippen molar-refractivity contribution in [2.75, 3.05) is 0 Å². The number of halogens is 1. The van der Waals surface area contributed by atoms with Crippen molar-refractivity contribution in [3.05, 3.63) is 84.2 Å². The monoisotopic (exact) mass is 321 g/mol. The van der Waals surface area contributed by atoms with E-state index in [0.29, 0.717) is 0 Å². The normalized spacial score (nSPS) is 11.4. The van der Waals surface area contributed by atoms with Crippen LogP contribution in [0.15, 0.2) is 72.8 Å². The molecule has 0 aliphatic carbocycles. The minimum Gasteiger partial charge on any atom is -0.206 e. The highest BCUT2D eigenvalue weighted by molar-refractivity contribution is 6.25. The highest BCUT2D eigenvalue weighted by atomic mass is 19.1. The van der Waals surface area contributed by atoms with Crippen LogP contribution in [0, 0.1) is 17.1 Å². The fraction of sp³-hybridized carbons (Fsp3) is 0. The van der Waals surface area contributed by atoms with E-state index in [4.69, 9.17) is 5.26 Å². The number of hydrogen-bond donors (Lipinski definition) is 0. The van der Waals surface area contributed by atoms with E-state index in [0.717, 1.165) is 16.5 Å². The van der Waals surface area contributed by atoms with E-state index in [2.05, 4.69) is 48.5 Å². The quantitative estimate of drug-likeness (QED) is 0.334. The van der Waals surface area contributed by atoms with Gasteiger partial charge in [-0.1, -0.05) is 60.7 Å². The van der Waals surface area contributed by atoms with Crippen molar-refractivity contribution in [3.63, 3.8) is 0 Å². The Morgan fingerprint density at radius 2 is 1.40 bits per heavy atom. The zero-order chi connectivity index (χ0) is 17.0. The van der Waals surface area contributed by atoms with E-state index in [-0.39, 0.29) is 5.56 Å². The molecule has 0 radical (unpaired) electrons. The topological polar surface area (TPSA) is 23.8 Å². The summed E-state index contributed by atoms with van der Waals surface area (Å²) in [6.07, 6.45) is 0. The lowest BCUT2D eigenvalue weighted by molar-refractivity contribution is 0.624. The van der Waals surface area contributed by atoms with E-state index in [9.17, 15) is 4.39 Å². The van der Waals surface area contributed by atoms with Crippen LogP contribution in [0.4, 0.5) is 4.39 Å². The maximum Gasteiger partial charge on any atom is 0.141 e. The molecule has 0 amide bonds. The van der Waals surface area contributed by atoms with Gasteiger partial charge in [0.2, 0.25) is 0 Å². The first-order valence-corrected chi connectivity index (χ1v) is 8.13. The minimum atomic E-state index is -0.481. The van der Waals surface area contributed by atoms with Gasteiger partial charge in [0.25, 0.3) is 0 Å². The Balaban J connectivity index is 1.91. The van der Waals surface area contributed by atoms with Crippen LogP contribution >= 0.6 is 0 Å². The van der Waals surface area contributed by atoms with Gasteiger partial charge < -0.3 is 0 Å². The molecule has 0 aliphatic heterocycles. The Kier molecular flexibility index (Phi) is 2.80. The molecule has 5 aromatic rings. The molecule has 0 atom stereocenters. The molecule has 0 N–H and O–H groups in total. The van der Waals surface area contributed by atoms with Gasteiger partial charge in [-0.15, -0.1) is 0 Å². The lowest BCUT2D eigenvalue weighted by Crippen LogP contribution is -1.89. The van der Waals surface area contributed by atoms with E-state index in [1.807, 2.05) is 18.2 Å². The van der Waals surface area contributed by atoms with Crippen molar-refractivity contribution in [3.8, 4) is 17.2 Å². The van der Waals surface area contributed by atoms with Crippen LogP contribution in [0.25, 0.3) is 43.4 Å². The molecule has 5 aromatic carbocycles. The third-order valence-corrected chi connectivity index (χ3v) is 4.93. The van der Waals surface area contributed by atoms with Gasteiger partial charge in [-0.2, -0.15) is 5.26 Å². The van der Waals surface area contributed by atoms with Gasteiger partial charge in [-0.3, -0.25) is 0 Å². The van der Waals surface area contributed by atoms with Crippen LogP contribution in [0.5, 0.6) is 0 Å². The fourth-order valence-electron chi connectivity index (χ4n) is 3.76. The summed E-state index contributed by atoms with van der Waals surface area (Å²) in [5.74, 6) is -0.481. The third kappa shape index (κ3) is 1.93. The summed E-state index contributed by atoms with van der Waals surface area (Å²) in [6, 6.07) is 25.6. The van der Waals surface area contributed by atoms with Crippen molar-refractivity contribution in [2.45, 2.75) is 0 Å². The molecule has 0 spiro atoms. The molecule has 116 valence electrons. The second-order valence-electron chi connectivity index (χ2n) is 6.28. The van der Waals surface area contributed by atoms with E-state index in [1.165, 1.54) is 33.0 Å². The fourth-order valence-corrected chi connectivity index (χ4v) is 3.76. The summed E-state index contributed by atoms with van der Waals surface area (Å²) in [7, 11) is 0. The van der Waals surface area contributed by atoms with Crippen LogP contribution in [0.1, 0.15) is 5.56 Å². The van der Waals surface area contributed by atoms with E-state index >= 15 is 0 Å². The van der Waals surface area contributed by atoms with Crippen LogP contribution < -0.4 is 0 Å². The molecule has 0 aromatic heterocycles. The Morgan fingerprint density at radius 1 is 0.720 bits per heavy atom. The highest BCUT2D eigenvalue weighted by Gasteiger charge is 2.12. The Bertz CT molecular complexity index is 1300. The van der Waals surface area contributed by atoms with Gasteiger partial charge in [0.15, 0.2) is 0 Å². The predicted molar refractivity (Wildman–Crippen MR) is 100 cm³/mol. The third-order valence-electron chi connectivity index (χ3n) is 4.93. The summed E-state index contributed by atoms with van der Waals surface area (Å²) in [5, 5.41) is 16.1. The van der Waals surface area contributed by atoms with Crippen LogP contribution in [0.3, 0.4) is 0 Å². The maximum absolute atomic E-state index is 14.1. The number of rotatable bonds is 1. The number of hydrogen-bond acceptors (Lipinski definition) is 1. The lowest BCUT2D eigenvalue weighted by atomic mass is 9.90. The van der Waals surface area contributed by atoms with Gasteiger partial charge in [0.05, 0.1) is 5.56 Å². The number of nitriles is 1. The number of benzene rings is 5. The van der Waals surface area contributed by atoms with Crippen molar-refractivity contribution >= 4 is 32.3 Å². The smallest absolute Gasteiger partial charge is 0.141 e. The molecule has 0 saturated carbocycles. The molecule has 5 rings (SSSR count). The maximum atomic E-state index is 14.1. The minimum absolute atomic E-state index is 0.0708. The molecule has 0 unspecified atom stereocenters. The summed E-state index contributed by atoms with van der Waals surface area (Å²) >= 11 is 0. The first-order valence-electron chi connectivity index (χ1n) is 8.13. The molecule has 0 fully saturated rings. The molecule has 0 heterocycles. The van der Waals surface area contributed by atoms with Crippen LogP contribution in [0.2, 0.25) is 0 Å². The second kappa shape index (κ2) is 5.03. The van der Waals surface area contributed by atoms with Crippen molar-refractivity contribution in [1.29, 1.82) is 5.26 Å². The zero-order valence-corrected chi connectivity index (χ0v) is 13.3. The van der Waals surface area contributed by atoms with Gasteiger partial charge >= 0.3 is 0 Å². The summed E-state index contributed by atoms with van der Waals surface area (Å²) in [5.41, 5.74) is 1.84. The average molecular weight is 321 g/mol. The first kappa shape index (κ1) is 13.9.